The van der Waals surface area contributed by atoms with E-state index in [1.54, 1.807) is 6.07 Å². The van der Waals surface area contributed by atoms with Crippen molar-refractivity contribution in [1.82, 2.24) is 9.97 Å². The van der Waals surface area contributed by atoms with Crippen molar-refractivity contribution in [2.45, 2.75) is 19.4 Å². The monoisotopic (exact) mass is 305 g/mol. The Morgan fingerprint density at radius 3 is 2.19 bits per heavy atom. The second-order valence-electron chi connectivity index (χ2n) is 5.05. The van der Waals surface area contributed by atoms with Crippen molar-refractivity contribution in [3.8, 4) is 0 Å². The Morgan fingerprint density at radius 1 is 1.19 bits per heavy atom. The number of carbonyl (C=O) groups is 1. The Hall–Kier alpha value is -2.14. The van der Waals surface area contributed by atoms with Gasteiger partial charge in [0.25, 0.3) is 0 Å². The zero-order valence-corrected chi connectivity index (χ0v) is 12.6. The van der Waals surface area contributed by atoms with Crippen LogP contribution in [0.1, 0.15) is 13.8 Å². The fraction of sp³-hybridized carbons (Fsp3) is 0.267. The van der Waals surface area contributed by atoms with Crippen LogP contribution in [0.3, 0.4) is 0 Å². The summed E-state index contributed by atoms with van der Waals surface area (Å²) in [4.78, 5) is 20.6. The second-order valence-corrected chi connectivity index (χ2v) is 5.39. The Balaban J connectivity index is 0.000000225. The van der Waals surface area contributed by atoms with Gasteiger partial charge in [0, 0.05) is 6.20 Å². The molecule has 2 aromatic rings. The summed E-state index contributed by atoms with van der Waals surface area (Å²) in [6, 6.07) is 13.6. The molecule has 1 amide bonds. The van der Waals surface area contributed by atoms with Crippen LogP contribution in [-0.2, 0) is 4.74 Å². The molecule has 1 aromatic heterocycles. The molecule has 1 fully saturated rings. The lowest BCUT2D eigenvalue weighted by atomic mass is 10.1. The Bertz CT molecular complexity index is 578. The zero-order chi connectivity index (χ0) is 15.3. The summed E-state index contributed by atoms with van der Waals surface area (Å²) in [6.45, 7) is 4.14. The summed E-state index contributed by atoms with van der Waals surface area (Å²) in [6.07, 6.45) is 1.10. The maximum Gasteiger partial charge on any atom is 0.416 e. The molecule has 0 radical (unpaired) electrons. The summed E-state index contributed by atoms with van der Waals surface area (Å²) in [7, 11) is 0. The number of hydrogen-bond acceptors (Lipinski definition) is 4. The van der Waals surface area contributed by atoms with Gasteiger partial charge in [-0.15, -0.1) is 0 Å². The smallest absolute Gasteiger partial charge is 0.416 e. The lowest BCUT2D eigenvalue weighted by Crippen LogP contribution is -2.28. The first-order valence-corrected chi connectivity index (χ1v) is 6.85. The molecular formula is C15H16ClN3O2. The number of carbonyl (C=O) groups excluding carboxylic acids is 1. The third-order valence-corrected chi connectivity index (χ3v) is 2.86. The standard InChI is InChI=1S/C9H10ClN3O2.C6H6/c1-9(2)5-13(8(14)15-9)6-3-4-11-7(10)12-6;1-2-4-6-5-3-1/h3-4H,5H2,1-2H3;1-6H. The molecule has 1 saturated heterocycles. The number of nitrogens with zero attached hydrogens (tertiary/aromatic N) is 3. The first-order chi connectivity index (χ1) is 9.98. The third-order valence-electron chi connectivity index (χ3n) is 2.68. The summed E-state index contributed by atoms with van der Waals surface area (Å²) in [5, 5.41) is 0.116. The molecule has 3 rings (SSSR count). The molecule has 0 spiro atoms. The highest BCUT2D eigenvalue weighted by Crippen LogP contribution is 2.26. The maximum atomic E-state index is 11.5. The van der Waals surface area contributed by atoms with Gasteiger partial charge in [-0.05, 0) is 31.5 Å². The van der Waals surface area contributed by atoms with Crippen molar-refractivity contribution in [2.24, 2.45) is 0 Å². The molecule has 1 aliphatic heterocycles. The maximum absolute atomic E-state index is 11.5. The van der Waals surface area contributed by atoms with Gasteiger partial charge in [-0.25, -0.2) is 14.8 Å². The van der Waals surface area contributed by atoms with Gasteiger partial charge in [0.1, 0.15) is 11.4 Å². The first kappa shape index (κ1) is 15.3. The van der Waals surface area contributed by atoms with E-state index in [1.165, 1.54) is 11.1 Å². The van der Waals surface area contributed by atoms with Gasteiger partial charge in [0.15, 0.2) is 0 Å². The summed E-state index contributed by atoms with van der Waals surface area (Å²) < 4.78 is 5.14. The van der Waals surface area contributed by atoms with Crippen LogP contribution in [0, 0.1) is 0 Å². The fourth-order valence-corrected chi connectivity index (χ4v) is 1.95. The van der Waals surface area contributed by atoms with Gasteiger partial charge in [0.2, 0.25) is 5.28 Å². The van der Waals surface area contributed by atoms with E-state index >= 15 is 0 Å². The number of hydrogen-bond donors (Lipinski definition) is 0. The highest BCUT2D eigenvalue weighted by molar-refractivity contribution is 6.28. The minimum absolute atomic E-state index is 0.116. The molecule has 6 heteroatoms. The predicted octanol–water partition coefficient (Wildman–Crippen LogP) is 3.55. The van der Waals surface area contributed by atoms with Crippen LogP contribution in [-0.4, -0.2) is 28.2 Å². The van der Waals surface area contributed by atoms with Crippen LogP contribution < -0.4 is 4.90 Å². The molecule has 0 N–H and O–H groups in total. The Labute approximate surface area is 128 Å². The van der Waals surface area contributed by atoms with E-state index in [4.69, 9.17) is 16.3 Å². The number of benzene rings is 1. The first-order valence-electron chi connectivity index (χ1n) is 6.47. The van der Waals surface area contributed by atoms with Gasteiger partial charge in [0.05, 0.1) is 6.54 Å². The molecule has 21 heavy (non-hydrogen) atoms. The molecule has 1 aromatic carbocycles. The largest absolute Gasteiger partial charge is 0.441 e. The normalized spacial score (nSPS) is 16.0. The van der Waals surface area contributed by atoms with E-state index in [9.17, 15) is 4.79 Å². The molecule has 0 aliphatic carbocycles. The van der Waals surface area contributed by atoms with Crippen LogP contribution in [0.15, 0.2) is 48.7 Å². The molecule has 2 heterocycles. The predicted molar refractivity (Wildman–Crippen MR) is 81.4 cm³/mol. The highest BCUT2D eigenvalue weighted by Gasteiger charge is 2.38. The number of rotatable bonds is 1. The van der Waals surface area contributed by atoms with Crippen molar-refractivity contribution in [3.05, 3.63) is 53.9 Å². The van der Waals surface area contributed by atoms with E-state index < -0.39 is 11.7 Å². The van der Waals surface area contributed by atoms with Crippen molar-refractivity contribution in [2.75, 3.05) is 11.4 Å². The topological polar surface area (TPSA) is 55.3 Å². The van der Waals surface area contributed by atoms with Crippen molar-refractivity contribution < 1.29 is 9.53 Å². The fourth-order valence-electron chi connectivity index (χ4n) is 1.80. The van der Waals surface area contributed by atoms with Gasteiger partial charge in [-0.1, -0.05) is 36.4 Å². The average molecular weight is 306 g/mol. The van der Waals surface area contributed by atoms with E-state index in [0.29, 0.717) is 12.4 Å². The number of ether oxygens (including phenoxy) is 1. The van der Waals surface area contributed by atoms with E-state index in [-0.39, 0.29) is 5.28 Å². The van der Waals surface area contributed by atoms with Gasteiger partial charge >= 0.3 is 6.09 Å². The minimum atomic E-state index is -0.492. The second kappa shape index (κ2) is 6.54. The molecular weight excluding hydrogens is 290 g/mol. The highest BCUT2D eigenvalue weighted by atomic mass is 35.5. The molecule has 110 valence electrons. The van der Waals surface area contributed by atoms with E-state index in [1.807, 2.05) is 50.2 Å². The lowest BCUT2D eigenvalue weighted by molar-refractivity contribution is 0.0871. The summed E-state index contributed by atoms with van der Waals surface area (Å²) >= 11 is 5.64. The summed E-state index contributed by atoms with van der Waals surface area (Å²) in [5.41, 5.74) is -0.492. The lowest BCUT2D eigenvalue weighted by Gasteiger charge is -2.14. The van der Waals surface area contributed by atoms with Crippen molar-refractivity contribution in [3.63, 3.8) is 0 Å². The number of aromatic nitrogens is 2. The third kappa shape index (κ3) is 4.43. The van der Waals surface area contributed by atoms with Crippen LogP contribution in [0.2, 0.25) is 5.28 Å². The van der Waals surface area contributed by atoms with Crippen molar-refractivity contribution in [1.29, 1.82) is 0 Å². The van der Waals surface area contributed by atoms with Gasteiger partial charge in [-0.2, -0.15) is 0 Å². The van der Waals surface area contributed by atoms with Crippen molar-refractivity contribution >= 4 is 23.5 Å². The quantitative estimate of drug-likeness (QED) is 0.756. The number of amides is 1. The molecule has 0 unspecified atom stereocenters. The Morgan fingerprint density at radius 2 is 1.76 bits per heavy atom. The Kier molecular flexibility index (Phi) is 4.75. The molecule has 0 bridgehead atoms. The minimum Gasteiger partial charge on any atom is -0.441 e. The van der Waals surface area contributed by atoms with Crippen LogP contribution >= 0.6 is 11.6 Å². The summed E-state index contributed by atoms with van der Waals surface area (Å²) in [5.74, 6) is 0.463. The van der Waals surface area contributed by atoms with Gasteiger partial charge in [-0.3, -0.25) is 4.90 Å². The van der Waals surface area contributed by atoms with Gasteiger partial charge < -0.3 is 4.74 Å². The molecule has 0 saturated carbocycles. The number of anilines is 1. The zero-order valence-electron chi connectivity index (χ0n) is 11.9. The van der Waals surface area contributed by atoms with E-state index in [2.05, 4.69) is 9.97 Å². The SMILES string of the molecule is CC1(C)CN(c2ccnc(Cl)n2)C(=O)O1.c1ccccc1. The molecule has 0 atom stereocenters. The van der Waals surface area contributed by atoms with Crippen LogP contribution in [0.5, 0.6) is 0 Å². The number of cyclic esters (lactones) is 1. The number of halogens is 1. The van der Waals surface area contributed by atoms with Crippen LogP contribution in [0.25, 0.3) is 0 Å². The van der Waals surface area contributed by atoms with E-state index in [0.717, 1.165) is 0 Å². The molecule has 5 nitrogen and oxygen atoms in total. The molecule has 1 aliphatic rings. The van der Waals surface area contributed by atoms with Crippen LogP contribution in [0.4, 0.5) is 10.6 Å². The average Bonchev–Trinajstić information content (AvgIpc) is 2.75.